The van der Waals surface area contributed by atoms with Crippen LogP contribution in [0.15, 0.2) is 36.4 Å². The topological polar surface area (TPSA) is 17.1 Å². The number of benzene rings is 3. The van der Waals surface area contributed by atoms with E-state index in [1.165, 1.54) is 52.1 Å². The molecule has 1 nitrogen and oxygen atoms in total. The lowest BCUT2D eigenvalue weighted by Crippen LogP contribution is -2.06. The minimum Gasteiger partial charge on any atom is -0.294 e. The molecule has 1 heteroatoms. The molecule has 3 aromatic rings. The summed E-state index contributed by atoms with van der Waals surface area (Å²) in [6.07, 6.45) is 5.49. The first kappa shape index (κ1) is 11.5. The number of carbonyl (C=O) groups excluding carboxylic acids is 1. The number of ketones is 1. The highest BCUT2D eigenvalue weighted by atomic mass is 16.1. The Bertz CT molecular complexity index is 934. The third-order valence-electron chi connectivity index (χ3n) is 5.20. The summed E-state index contributed by atoms with van der Waals surface area (Å²) in [5.74, 6) is 0.311. The average molecular weight is 272 g/mol. The van der Waals surface area contributed by atoms with Crippen molar-refractivity contribution in [3.05, 3.63) is 58.7 Å². The first-order valence-electron chi connectivity index (χ1n) is 7.85. The summed E-state index contributed by atoms with van der Waals surface area (Å²) < 4.78 is 0. The van der Waals surface area contributed by atoms with Gasteiger partial charge in [0.1, 0.15) is 0 Å². The molecule has 0 saturated carbocycles. The fourth-order valence-electron chi connectivity index (χ4n) is 4.31. The number of hydrogen-bond acceptors (Lipinski definition) is 1. The van der Waals surface area contributed by atoms with Crippen molar-refractivity contribution in [1.82, 2.24) is 0 Å². The molecule has 0 aliphatic heterocycles. The number of Topliss-reactive ketones (excluding diaryl/α,β-unsaturated/α-hetero) is 1. The molecule has 2 aliphatic carbocycles. The highest BCUT2D eigenvalue weighted by molar-refractivity contribution is 6.24. The van der Waals surface area contributed by atoms with E-state index in [0.29, 0.717) is 12.2 Å². The van der Waals surface area contributed by atoms with E-state index in [2.05, 4.69) is 30.3 Å². The fourth-order valence-corrected chi connectivity index (χ4v) is 4.31. The monoisotopic (exact) mass is 272 g/mol. The highest BCUT2D eigenvalue weighted by Gasteiger charge is 2.28. The minimum absolute atomic E-state index is 0.311. The fraction of sp³-hybridized carbons (Fsp3) is 0.250. The maximum absolute atomic E-state index is 12.6. The number of carbonyl (C=O) groups is 1. The summed E-state index contributed by atoms with van der Waals surface area (Å²) in [5.41, 5.74) is 5.29. The SMILES string of the molecule is O=C1Cc2c3c(cc4cc5ccccc5c1c24)CCCC3. The lowest BCUT2D eigenvalue weighted by molar-refractivity contribution is 0.100. The molecule has 0 radical (unpaired) electrons. The van der Waals surface area contributed by atoms with Crippen molar-refractivity contribution in [2.75, 3.05) is 0 Å². The van der Waals surface area contributed by atoms with Crippen LogP contribution in [0.2, 0.25) is 0 Å². The maximum Gasteiger partial charge on any atom is 0.168 e. The number of rotatable bonds is 0. The van der Waals surface area contributed by atoms with Crippen LogP contribution in [-0.2, 0) is 19.3 Å². The van der Waals surface area contributed by atoms with Crippen molar-refractivity contribution < 1.29 is 4.79 Å². The van der Waals surface area contributed by atoms with Crippen LogP contribution in [0.25, 0.3) is 21.5 Å². The molecule has 2 aliphatic rings. The Morgan fingerprint density at radius 3 is 2.67 bits per heavy atom. The van der Waals surface area contributed by atoms with Crippen molar-refractivity contribution in [3.8, 4) is 0 Å². The van der Waals surface area contributed by atoms with Crippen molar-refractivity contribution in [2.45, 2.75) is 32.1 Å². The normalized spacial score (nSPS) is 16.7. The molecule has 3 aromatic carbocycles. The van der Waals surface area contributed by atoms with E-state index >= 15 is 0 Å². The summed E-state index contributed by atoms with van der Waals surface area (Å²) in [6, 6.07) is 12.9. The van der Waals surface area contributed by atoms with Gasteiger partial charge in [-0.2, -0.15) is 0 Å². The largest absolute Gasteiger partial charge is 0.294 e. The molecule has 5 rings (SSSR count). The van der Waals surface area contributed by atoms with Gasteiger partial charge in [-0.1, -0.05) is 30.3 Å². The van der Waals surface area contributed by atoms with Gasteiger partial charge in [-0.05, 0) is 70.0 Å². The first-order valence-corrected chi connectivity index (χ1v) is 7.85. The maximum atomic E-state index is 12.6. The lowest BCUT2D eigenvalue weighted by atomic mass is 9.85. The van der Waals surface area contributed by atoms with E-state index in [-0.39, 0.29) is 0 Å². The third-order valence-corrected chi connectivity index (χ3v) is 5.20. The van der Waals surface area contributed by atoms with Gasteiger partial charge in [-0.25, -0.2) is 0 Å². The quantitative estimate of drug-likeness (QED) is 0.546. The Hall–Kier alpha value is -2.15. The Morgan fingerprint density at radius 1 is 0.857 bits per heavy atom. The van der Waals surface area contributed by atoms with Crippen molar-refractivity contribution >= 4 is 27.3 Å². The van der Waals surface area contributed by atoms with Crippen LogP contribution in [0.3, 0.4) is 0 Å². The Morgan fingerprint density at radius 2 is 1.71 bits per heavy atom. The molecule has 0 bridgehead atoms. The van der Waals surface area contributed by atoms with Gasteiger partial charge in [-0.3, -0.25) is 4.79 Å². The molecular formula is C20H16O. The number of fused-ring (bicyclic) bond motifs is 4. The molecule has 21 heavy (non-hydrogen) atoms. The van der Waals surface area contributed by atoms with Crippen LogP contribution in [0.5, 0.6) is 0 Å². The molecule has 0 amide bonds. The van der Waals surface area contributed by atoms with E-state index < -0.39 is 0 Å². The van der Waals surface area contributed by atoms with Crippen molar-refractivity contribution in [1.29, 1.82) is 0 Å². The summed E-state index contributed by atoms with van der Waals surface area (Å²) in [5, 5.41) is 4.84. The van der Waals surface area contributed by atoms with Crippen LogP contribution in [0.1, 0.15) is 39.9 Å². The second-order valence-electron chi connectivity index (χ2n) is 6.37. The van der Waals surface area contributed by atoms with Gasteiger partial charge in [0.2, 0.25) is 0 Å². The molecule has 0 heterocycles. The predicted molar refractivity (Wildman–Crippen MR) is 86.1 cm³/mol. The van der Waals surface area contributed by atoms with Gasteiger partial charge in [0.25, 0.3) is 0 Å². The van der Waals surface area contributed by atoms with Gasteiger partial charge in [-0.15, -0.1) is 0 Å². The molecule has 0 spiro atoms. The molecule has 0 aromatic heterocycles. The second kappa shape index (κ2) is 3.94. The van der Waals surface area contributed by atoms with Crippen molar-refractivity contribution in [3.63, 3.8) is 0 Å². The first-order chi connectivity index (χ1) is 10.3. The van der Waals surface area contributed by atoms with Crippen LogP contribution < -0.4 is 0 Å². The van der Waals surface area contributed by atoms with E-state index in [9.17, 15) is 4.79 Å². The zero-order valence-electron chi connectivity index (χ0n) is 11.9. The molecular weight excluding hydrogens is 256 g/mol. The third kappa shape index (κ3) is 1.44. The van der Waals surface area contributed by atoms with E-state index in [0.717, 1.165) is 17.4 Å². The zero-order chi connectivity index (χ0) is 14.0. The summed E-state index contributed by atoms with van der Waals surface area (Å²) in [4.78, 5) is 12.6. The smallest absolute Gasteiger partial charge is 0.168 e. The standard InChI is InChI=1S/C20H16O/c21-18-11-17-15-7-3-1-5-12(15)9-14-10-13-6-2-4-8-16(13)20(18)19(14)17/h2,4,6,8-10H,1,3,5,7,11H2. The van der Waals surface area contributed by atoms with Gasteiger partial charge in [0.05, 0.1) is 0 Å². The number of hydrogen-bond donors (Lipinski definition) is 0. The number of aryl methyl sites for hydroxylation is 1. The molecule has 0 unspecified atom stereocenters. The molecule has 0 fully saturated rings. The predicted octanol–water partition coefficient (Wildman–Crippen LogP) is 4.61. The van der Waals surface area contributed by atoms with Gasteiger partial charge in [0.15, 0.2) is 5.78 Å². The van der Waals surface area contributed by atoms with Crippen molar-refractivity contribution in [2.24, 2.45) is 0 Å². The second-order valence-corrected chi connectivity index (χ2v) is 6.37. The molecule has 0 atom stereocenters. The van der Waals surface area contributed by atoms with E-state index in [4.69, 9.17) is 0 Å². The molecule has 102 valence electrons. The Balaban J connectivity index is 2.02. The average Bonchev–Trinajstić information content (AvgIpc) is 2.87. The van der Waals surface area contributed by atoms with Crippen LogP contribution in [-0.4, -0.2) is 5.78 Å². The van der Waals surface area contributed by atoms with Crippen LogP contribution >= 0.6 is 0 Å². The molecule has 0 N–H and O–H groups in total. The summed E-state index contributed by atoms with van der Waals surface area (Å²) in [7, 11) is 0. The van der Waals surface area contributed by atoms with E-state index in [1.807, 2.05) is 6.07 Å². The molecule has 0 saturated heterocycles. The highest BCUT2D eigenvalue weighted by Crippen LogP contribution is 2.41. The van der Waals surface area contributed by atoms with Crippen LogP contribution in [0, 0.1) is 0 Å². The zero-order valence-corrected chi connectivity index (χ0v) is 11.9. The Labute approximate surface area is 123 Å². The van der Waals surface area contributed by atoms with Gasteiger partial charge >= 0.3 is 0 Å². The van der Waals surface area contributed by atoms with E-state index in [1.54, 1.807) is 0 Å². The minimum atomic E-state index is 0.311. The summed E-state index contributed by atoms with van der Waals surface area (Å²) in [6.45, 7) is 0. The van der Waals surface area contributed by atoms with Gasteiger partial charge < -0.3 is 0 Å². The van der Waals surface area contributed by atoms with Crippen LogP contribution in [0.4, 0.5) is 0 Å². The summed E-state index contributed by atoms with van der Waals surface area (Å²) >= 11 is 0. The Kier molecular flexibility index (Phi) is 2.16. The van der Waals surface area contributed by atoms with Gasteiger partial charge in [0, 0.05) is 12.0 Å². The lowest BCUT2D eigenvalue weighted by Gasteiger charge is -2.19.